The van der Waals surface area contributed by atoms with Gasteiger partial charge in [-0.3, -0.25) is 9.79 Å². The zero-order valence-electron chi connectivity index (χ0n) is 14.8. The molecule has 0 saturated carbocycles. The Balaban J connectivity index is 1.67. The quantitative estimate of drug-likeness (QED) is 0.668. The second-order valence-corrected chi connectivity index (χ2v) is 6.42. The third-order valence-electron chi connectivity index (χ3n) is 4.86. The molecule has 4 heteroatoms. The van der Waals surface area contributed by atoms with E-state index in [9.17, 15) is 4.79 Å². The van der Waals surface area contributed by atoms with Crippen molar-refractivity contribution in [1.82, 2.24) is 0 Å². The molecule has 0 heterocycles. The summed E-state index contributed by atoms with van der Waals surface area (Å²) in [6, 6.07) is 13.7. The highest BCUT2D eigenvalue weighted by atomic mass is 16.5. The number of carbonyl (C=O) groups excluding carboxylic acids is 1. The molecule has 0 bridgehead atoms. The molecule has 0 saturated heterocycles. The Morgan fingerprint density at radius 2 is 2.00 bits per heavy atom. The number of nitrogens with two attached hydrogens (primary N) is 1. The van der Waals surface area contributed by atoms with Gasteiger partial charge >= 0.3 is 0 Å². The molecule has 3 rings (SSSR count). The number of benzene rings is 2. The summed E-state index contributed by atoms with van der Waals surface area (Å²) < 4.78 is 5.90. The van der Waals surface area contributed by atoms with Crippen LogP contribution in [0.15, 0.2) is 47.5 Å². The fourth-order valence-electron chi connectivity index (χ4n) is 3.24. The monoisotopic (exact) mass is 336 g/mol. The van der Waals surface area contributed by atoms with Crippen LogP contribution in [-0.2, 0) is 13.0 Å². The summed E-state index contributed by atoms with van der Waals surface area (Å²) in [4.78, 5) is 16.4. The van der Waals surface area contributed by atoms with Crippen LogP contribution in [0.2, 0.25) is 0 Å². The lowest BCUT2D eigenvalue weighted by molar-refractivity contribution is 0.0898. The van der Waals surface area contributed by atoms with Crippen molar-refractivity contribution < 1.29 is 9.53 Å². The van der Waals surface area contributed by atoms with Crippen molar-refractivity contribution in [2.24, 2.45) is 16.6 Å². The van der Waals surface area contributed by atoms with Crippen molar-refractivity contribution in [3.8, 4) is 5.75 Å². The molecule has 25 heavy (non-hydrogen) atoms. The first-order chi connectivity index (χ1) is 12.1. The highest BCUT2D eigenvalue weighted by Crippen LogP contribution is 2.30. The van der Waals surface area contributed by atoms with E-state index in [1.807, 2.05) is 42.5 Å². The number of nitrogens with zero attached hydrogens (tertiary/aromatic N) is 1. The maximum absolute atomic E-state index is 12.4. The van der Waals surface area contributed by atoms with Crippen molar-refractivity contribution >= 4 is 11.6 Å². The van der Waals surface area contributed by atoms with E-state index in [0.29, 0.717) is 12.4 Å². The van der Waals surface area contributed by atoms with E-state index in [1.54, 1.807) is 7.05 Å². The number of ketones is 1. The lowest BCUT2D eigenvalue weighted by Crippen LogP contribution is -2.21. The van der Waals surface area contributed by atoms with Crippen LogP contribution in [0.4, 0.5) is 0 Å². The maximum Gasteiger partial charge on any atom is 0.166 e. The molecule has 0 aliphatic heterocycles. The Kier molecular flexibility index (Phi) is 5.17. The predicted molar refractivity (Wildman–Crippen MR) is 100 cm³/mol. The van der Waals surface area contributed by atoms with Crippen LogP contribution in [-0.4, -0.2) is 18.7 Å². The smallest absolute Gasteiger partial charge is 0.166 e. The van der Waals surface area contributed by atoms with Gasteiger partial charge in [0.25, 0.3) is 0 Å². The van der Waals surface area contributed by atoms with Gasteiger partial charge in [-0.05, 0) is 48.6 Å². The maximum atomic E-state index is 12.4. The Morgan fingerprint density at radius 3 is 2.68 bits per heavy atom. The molecule has 2 aromatic rings. The Labute approximate surface area is 148 Å². The summed E-state index contributed by atoms with van der Waals surface area (Å²) in [6.07, 6.45) is 2.80. The van der Waals surface area contributed by atoms with Gasteiger partial charge in [0, 0.05) is 24.1 Å². The van der Waals surface area contributed by atoms with E-state index in [4.69, 9.17) is 10.5 Å². The number of fused-ring (bicyclic) bond motifs is 1. The van der Waals surface area contributed by atoms with E-state index in [2.05, 4.69) is 11.9 Å². The lowest BCUT2D eigenvalue weighted by atomic mass is 9.81. The SMILES string of the molecule is CCC1CCc2cc(OCc3ccc(C(N)=NC)cc3)ccc2C1=O. The van der Waals surface area contributed by atoms with Gasteiger partial charge in [-0.2, -0.15) is 0 Å². The lowest BCUT2D eigenvalue weighted by Gasteiger charge is -2.22. The first-order valence-corrected chi connectivity index (χ1v) is 8.74. The van der Waals surface area contributed by atoms with Gasteiger partial charge in [0.2, 0.25) is 0 Å². The van der Waals surface area contributed by atoms with Crippen molar-refractivity contribution in [3.05, 3.63) is 64.7 Å². The van der Waals surface area contributed by atoms with Gasteiger partial charge in [-0.1, -0.05) is 31.2 Å². The van der Waals surface area contributed by atoms with Gasteiger partial charge in [0.15, 0.2) is 5.78 Å². The number of Topliss-reactive ketones (excluding diaryl/α,β-unsaturated/α-hetero) is 1. The molecule has 1 atom stereocenters. The molecule has 1 aliphatic carbocycles. The fourth-order valence-corrected chi connectivity index (χ4v) is 3.24. The second-order valence-electron chi connectivity index (χ2n) is 6.42. The largest absolute Gasteiger partial charge is 0.489 e. The molecular formula is C21H24N2O2. The molecule has 0 fully saturated rings. The Hall–Kier alpha value is -2.62. The van der Waals surface area contributed by atoms with Crippen molar-refractivity contribution in [3.63, 3.8) is 0 Å². The third kappa shape index (κ3) is 3.73. The normalized spacial score (nSPS) is 17.3. The van der Waals surface area contributed by atoms with Crippen molar-refractivity contribution in [2.75, 3.05) is 7.05 Å². The number of carbonyl (C=O) groups is 1. The highest BCUT2D eigenvalue weighted by Gasteiger charge is 2.26. The van der Waals surface area contributed by atoms with Crippen molar-refractivity contribution in [1.29, 1.82) is 0 Å². The molecule has 0 aromatic heterocycles. The number of ether oxygens (including phenoxy) is 1. The van der Waals surface area contributed by atoms with Crippen LogP contribution in [0.5, 0.6) is 5.75 Å². The summed E-state index contributed by atoms with van der Waals surface area (Å²) in [7, 11) is 1.68. The van der Waals surface area contributed by atoms with E-state index in [0.717, 1.165) is 47.3 Å². The summed E-state index contributed by atoms with van der Waals surface area (Å²) >= 11 is 0. The molecular weight excluding hydrogens is 312 g/mol. The molecule has 130 valence electrons. The van der Waals surface area contributed by atoms with Crippen LogP contribution in [0.25, 0.3) is 0 Å². The summed E-state index contributed by atoms with van der Waals surface area (Å²) in [5.74, 6) is 1.79. The number of rotatable bonds is 5. The molecule has 4 nitrogen and oxygen atoms in total. The molecule has 1 unspecified atom stereocenters. The number of hydrogen-bond acceptors (Lipinski definition) is 3. The fraction of sp³-hybridized carbons (Fsp3) is 0.333. The van der Waals surface area contributed by atoms with Gasteiger partial charge in [0.05, 0.1) is 0 Å². The number of aliphatic imine (C=N–C) groups is 1. The van der Waals surface area contributed by atoms with Crippen LogP contribution >= 0.6 is 0 Å². The molecule has 0 spiro atoms. The predicted octanol–water partition coefficient (Wildman–Crippen LogP) is 3.76. The average molecular weight is 336 g/mol. The number of amidine groups is 1. The minimum atomic E-state index is 0.178. The number of hydrogen-bond donors (Lipinski definition) is 1. The van der Waals surface area contributed by atoms with Crippen LogP contribution < -0.4 is 10.5 Å². The van der Waals surface area contributed by atoms with E-state index in [1.165, 1.54) is 0 Å². The second kappa shape index (κ2) is 7.51. The Morgan fingerprint density at radius 1 is 1.24 bits per heavy atom. The third-order valence-corrected chi connectivity index (χ3v) is 4.86. The van der Waals surface area contributed by atoms with Gasteiger partial charge in [0.1, 0.15) is 18.2 Å². The minimum absolute atomic E-state index is 0.178. The van der Waals surface area contributed by atoms with Crippen LogP contribution in [0.1, 0.15) is 46.8 Å². The Bertz CT molecular complexity index is 794. The molecule has 2 aromatic carbocycles. The zero-order valence-corrected chi connectivity index (χ0v) is 14.8. The topological polar surface area (TPSA) is 64.7 Å². The standard InChI is InChI=1S/C21H24N2O2/c1-3-15-8-9-17-12-18(10-11-19(17)20(15)24)25-13-14-4-6-16(7-5-14)21(22)23-2/h4-7,10-12,15H,3,8-9,13H2,1-2H3,(H2,22,23). The molecule has 0 amide bonds. The average Bonchev–Trinajstić information content (AvgIpc) is 2.66. The first-order valence-electron chi connectivity index (χ1n) is 8.74. The van der Waals surface area contributed by atoms with Crippen molar-refractivity contribution in [2.45, 2.75) is 32.8 Å². The first kappa shape index (κ1) is 17.2. The highest BCUT2D eigenvalue weighted by molar-refractivity contribution is 6.00. The van der Waals surface area contributed by atoms with Crippen LogP contribution in [0.3, 0.4) is 0 Å². The van der Waals surface area contributed by atoms with Gasteiger partial charge in [-0.25, -0.2) is 0 Å². The van der Waals surface area contributed by atoms with Gasteiger partial charge in [-0.15, -0.1) is 0 Å². The minimum Gasteiger partial charge on any atom is -0.489 e. The zero-order chi connectivity index (χ0) is 17.8. The summed E-state index contributed by atoms with van der Waals surface area (Å²) in [5, 5.41) is 0. The summed E-state index contributed by atoms with van der Waals surface area (Å²) in [5.41, 5.74) is 9.74. The van der Waals surface area contributed by atoms with Crippen LogP contribution in [0, 0.1) is 5.92 Å². The molecule has 2 N–H and O–H groups in total. The summed E-state index contributed by atoms with van der Waals surface area (Å²) in [6.45, 7) is 2.56. The van der Waals surface area contributed by atoms with Gasteiger partial charge < -0.3 is 10.5 Å². The van der Waals surface area contributed by atoms with E-state index >= 15 is 0 Å². The van der Waals surface area contributed by atoms with E-state index < -0.39 is 0 Å². The molecule has 0 radical (unpaired) electrons. The number of aryl methyl sites for hydroxylation is 1. The molecule has 1 aliphatic rings. The van der Waals surface area contributed by atoms with E-state index in [-0.39, 0.29) is 11.7 Å².